The Morgan fingerprint density at radius 3 is 2.30 bits per heavy atom. The van der Waals surface area contributed by atoms with Crippen LogP contribution in [0.3, 0.4) is 0 Å². The predicted octanol–water partition coefficient (Wildman–Crippen LogP) is 2.46. The Labute approximate surface area is 184 Å². The number of rotatable bonds is 15. The minimum Gasteiger partial charge on any atom is -0.480 e. The zero-order chi connectivity index (χ0) is 22.6. The molecule has 8 heteroatoms. The van der Waals surface area contributed by atoms with Gasteiger partial charge in [-0.3, -0.25) is 4.79 Å². The molecule has 0 aliphatic rings. The first-order chi connectivity index (χ1) is 14.1. The summed E-state index contributed by atoms with van der Waals surface area (Å²) in [6.45, 7) is 3.28. The van der Waals surface area contributed by atoms with E-state index in [1.165, 1.54) is 9.14 Å². The van der Waals surface area contributed by atoms with E-state index in [-0.39, 0.29) is 6.54 Å². The molecule has 30 heavy (non-hydrogen) atoms. The van der Waals surface area contributed by atoms with Crippen molar-refractivity contribution in [3.8, 4) is 0 Å². The summed E-state index contributed by atoms with van der Waals surface area (Å²) in [6.07, 6.45) is 4.53. The normalized spacial score (nSPS) is 13.0. The second-order valence-corrected chi connectivity index (χ2v) is 22.9. The third kappa shape index (κ3) is 10.9. The first kappa shape index (κ1) is 26.3. The molecule has 0 aliphatic carbocycles. The Morgan fingerprint density at radius 1 is 1.10 bits per heavy atom. The van der Waals surface area contributed by atoms with E-state index >= 15 is 0 Å². The van der Waals surface area contributed by atoms with Crippen LogP contribution in [0, 0.1) is 0 Å². The first-order valence-corrected chi connectivity index (χ1v) is 20.6. The van der Waals surface area contributed by atoms with E-state index in [1.54, 1.807) is 6.08 Å². The van der Waals surface area contributed by atoms with Crippen molar-refractivity contribution in [1.82, 2.24) is 16.0 Å². The standard InChI is InChI=1S/C19H28N3O4.3CH3.Sn/c1-2-8-17(21-14-18(23)24)22-16(19(25)26)11-6-7-12-20-13-15-9-4-3-5-10-15;;;;/h4-5,8-10,16,20-22H,2,6-7,11-14H2,1H3,(H,23,24)(H,25,26);3*1H3;/b17-8+;;;;. The van der Waals surface area contributed by atoms with Gasteiger partial charge < -0.3 is 15.5 Å². The van der Waals surface area contributed by atoms with Crippen LogP contribution in [0.4, 0.5) is 0 Å². The summed E-state index contributed by atoms with van der Waals surface area (Å²) in [4.78, 5) is 29.5. The molecule has 7 nitrogen and oxygen atoms in total. The Morgan fingerprint density at radius 2 is 1.77 bits per heavy atom. The van der Waals surface area contributed by atoms with Crippen LogP contribution in [0.15, 0.2) is 36.2 Å². The Hall–Kier alpha value is -1.74. The van der Waals surface area contributed by atoms with Gasteiger partial charge in [0.25, 0.3) is 0 Å². The van der Waals surface area contributed by atoms with Gasteiger partial charge in [0, 0.05) is 0 Å². The van der Waals surface area contributed by atoms with E-state index in [4.69, 9.17) is 5.11 Å². The molecular weight excluding hydrogens is 489 g/mol. The molecule has 0 radical (unpaired) electrons. The van der Waals surface area contributed by atoms with Crippen LogP contribution >= 0.6 is 0 Å². The zero-order valence-corrected chi connectivity index (χ0v) is 21.5. The fraction of sp³-hybridized carbons (Fsp3) is 0.545. The molecule has 0 amide bonds. The monoisotopic (exact) mass is 527 g/mol. The molecule has 0 aliphatic heterocycles. The summed E-state index contributed by atoms with van der Waals surface area (Å²) in [5.74, 6) is -1.48. The van der Waals surface area contributed by atoms with Crippen LogP contribution in [-0.2, 0) is 16.1 Å². The van der Waals surface area contributed by atoms with Crippen LogP contribution in [0.5, 0.6) is 0 Å². The van der Waals surface area contributed by atoms with Gasteiger partial charge in [0.05, 0.1) is 5.82 Å². The van der Waals surface area contributed by atoms with E-state index in [0.29, 0.717) is 18.7 Å². The number of carboxylic acid groups (broad SMARTS) is 2. The van der Waals surface area contributed by atoms with E-state index < -0.39 is 36.4 Å². The van der Waals surface area contributed by atoms with E-state index in [1.807, 2.05) is 6.92 Å². The van der Waals surface area contributed by atoms with Crippen molar-refractivity contribution in [2.45, 2.75) is 60.0 Å². The number of unbranched alkanes of at least 4 members (excludes halogenated alkanes) is 1. The molecule has 1 unspecified atom stereocenters. The van der Waals surface area contributed by atoms with Crippen molar-refractivity contribution in [1.29, 1.82) is 0 Å². The Balaban J connectivity index is 2.36. The van der Waals surface area contributed by atoms with Crippen molar-refractivity contribution in [2.24, 2.45) is 0 Å². The van der Waals surface area contributed by atoms with Gasteiger partial charge in [-0.2, -0.15) is 0 Å². The summed E-state index contributed by atoms with van der Waals surface area (Å²) in [6, 6.07) is 8.16. The third-order valence-electron chi connectivity index (χ3n) is 4.71. The molecule has 0 bridgehead atoms. The first-order valence-electron chi connectivity index (χ1n) is 10.6. The van der Waals surface area contributed by atoms with Gasteiger partial charge in [-0.1, -0.05) is 6.92 Å². The number of aliphatic carboxylic acids is 2. The topological polar surface area (TPSA) is 111 Å². The summed E-state index contributed by atoms with van der Waals surface area (Å²) < 4.78 is 1.52. The molecule has 1 rings (SSSR count). The van der Waals surface area contributed by atoms with Gasteiger partial charge >= 0.3 is 128 Å². The number of hydrogen-bond acceptors (Lipinski definition) is 5. The zero-order valence-electron chi connectivity index (χ0n) is 18.6. The van der Waals surface area contributed by atoms with Gasteiger partial charge in [0.2, 0.25) is 0 Å². The van der Waals surface area contributed by atoms with E-state index in [9.17, 15) is 14.7 Å². The molecule has 0 aromatic heterocycles. The molecule has 0 saturated carbocycles. The summed E-state index contributed by atoms with van der Waals surface area (Å²) in [5, 5.41) is 27.3. The molecule has 0 spiro atoms. The summed E-state index contributed by atoms with van der Waals surface area (Å²) >= 11 is -1.99. The average Bonchev–Trinajstić information content (AvgIpc) is 2.67. The van der Waals surface area contributed by atoms with Gasteiger partial charge in [0.1, 0.15) is 6.54 Å². The number of benzene rings is 1. The second-order valence-electron chi connectivity index (χ2n) is 8.43. The van der Waals surface area contributed by atoms with Crippen molar-refractivity contribution < 1.29 is 19.8 Å². The van der Waals surface area contributed by atoms with E-state index in [2.05, 4.69) is 55.0 Å². The fourth-order valence-electron chi connectivity index (χ4n) is 2.96. The van der Waals surface area contributed by atoms with Crippen LogP contribution in [0.1, 0.15) is 38.2 Å². The van der Waals surface area contributed by atoms with Crippen LogP contribution in [0.2, 0.25) is 14.8 Å². The molecule has 1 atom stereocenters. The quantitative estimate of drug-likeness (QED) is 0.177. The molecule has 0 saturated heterocycles. The summed E-state index contributed by atoms with van der Waals surface area (Å²) in [5.41, 5.74) is 1.26. The Kier molecular flexibility index (Phi) is 11.9. The van der Waals surface area contributed by atoms with Crippen molar-refractivity contribution in [2.75, 3.05) is 13.1 Å². The smallest absolute Gasteiger partial charge is 0.480 e. The number of carbonyl (C=O) groups is 2. The van der Waals surface area contributed by atoms with Gasteiger partial charge in [-0.25, -0.2) is 4.79 Å². The maximum atomic E-state index is 11.5. The fourth-order valence-corrected chi connectivity index (χ4v) is 6.29. The number of allylic oxidation sites excluding steroid dienone is 1. The number of hydrogen-bond donors (Lipinski definition) is 5. The second kappa shape index (κ2) is 13.5. The summed E-state index contributed by atoms with van der Waals surface area (Å²) in [7, 11) is 0. The van der Waals surface area contributed by atoms with Crippen LogP contribution in [0.25, 0.3) is 0 Å². The molecule has 0 fully saturated rings. The molecule has 1 aromatic rings. The molecule has 0 heterocycles. The van der Waals surface area contributed by atoms with Gasteiger partial charge in [0.15, 0.2) is 0 Å². The maximum absolute atomic E-state index is 11.5. The van der Waals surface area contributed by atoms with Crippen molar-refractivity contribution in [3.63, 3.8) is 0 Å². The molecule has 5 N–H and O–H groups in total. The molecule has 168 valence electrons. The third-order valence-corrected chi connectivity index (χ3v) is 10.6. The SMILES string of the molecule is CC/C=C(\NCC(=O)O)NC(CCCCNCc1cc[c]([Sn]([CH3])([CH3])[CH3])cc1)C(=O)O. The molecule has 1 aromatic carbocycles. The van der Waals surface area contributed by atoms with Crippen LogP contribution < -0.4 is 19.5 Å². The molecular formula is C22H37N3O4Sn. The van der Waals surface area contributed by atoms with Gasteiger partial charge in [-0.05, 0) is 12.5 Å². The van der Waals surface area contributed by atoms with Crippen LogP contribution in [-0.4, -0.2) is 59.7 Å². The van der Waals surface area contributed by atoms with Gasteiger partial charge in [-0.15, -0.1) is 0 Å². The van der Waals surface area contributed by atoms with Crippen molar-refractivity contribution >= 4 is 33.9 Å². The number of carboxylic acids is 2. The average molecular weight is 526 g/mol. The minimum atomic E-state index is -1.99. The van der Waals surface area contributed by atoms with Crippen molar-refractivity contribution in [3.05, 3.63) is 41.7 Å². The Bertz CT molecular complexity index is 699. The number of nitrogens with one attached hydrogen (secondary N) is 3. The minimum absolute atomic E-state index is 0.255. The van der Waals surface area contributed by atoms with E-state index in [0.717, 1.165) is 25.9 Å². The predicted molar refractivity (Wildman–Crippen MR) is 124 cm³/mol.